The number of nitrogens with zero attached hydrogens (tertiary/aromatic N) is 8. The molecule has 0 radical (unpaired) electrons. The van der Waals surface area contributed by atoms with Gasteiger partial charge in [0.05, 0.1) is 39.1 Å². The highest BCUT2D eigenvalue weighted by molar-refractivity contribution is 6.00. The highest BCUT2D eigenvalue weighted by Gasteiger charge is 2.43. The molecule has 0 amide bonds. The zero-order chi connectivity index (χ0) is 58.9. The number of benzene rings is 8. The summed E-state index contributed by atoms with van der Waals surface area (Å²) in [6.07, 6.45) is 11.4. The number of aliphatic carboxylic acids is 1. The van der Waals surface area contributed by atoms with Crippen molar-refractivity contribution in [2.45, 2.75) is 11.1 Å². The van der Waals surface area contributed by atoms with Crippen LogP contribution in [-0.2, 0) is 25.4 Å². The van der Waals surface area contributed by atoms with Gasteiger partial charge < -0.3 is 9.84 Å². The van der Waals surface area contributed by atoms with E-state index in [1.54, 1.807) is 36.9 Å². The van der Waals surface area contributed by atoms with Crippen LogP contribution < -0.4 is 0 Å². The lowest BCUT2D eigenvalue weighted by molar-refractivity contribution is -0.385. The highest BCUT2D eigenvalue weighted by Crippen LogP contribution is 2.47. The van der Waals surface area contributed by atoms with Crippen molar-refractivity contribution in [2.24, 2.45) is 0 Å². The van der Waals surface area contributed by atoms with Gasteiger partial charge in [-0.15, -0.1) is 0 Å². The van der Waals surface area contributed by atoms with Gasteiger partial charge in [0.25, 0.3) is 11.4 Å². The number of carbonyl (C=O) groups is 2. The summed E-state index contributed by atoms with van der Waals surface area (Å²) < 4.78 is 8.47. The van der Waals surface area contributed by atoms with E-state index >= 15 is 0 Å². The van der Waals surface area contributed by atoms with Crippen LogP contribution in [0.15, 0.2) is 267 Å². The molecule has 0 saturated heterocycles. The average Bonchev–Trinajstić information content (AvgIpc) is 1.80. The van der Waals surface area contributed by atoms with Crippen molar-refractivity contribution in [3.05, 3.63) is 332 Å². The molecule has 0 atom stereocenters. The van der Waals surface area contributed by atoms with Crippen molar-refractivity contribution < 1.29 is 29.3 Å². The number of nitro benzene ring substituents is 2. The van der Waals surface area contributed by atoms with Gasteiger partial charge in [0.1, 0.15) is 22.5 Å². The van der Waals surface area contributed by atoms with Crippen molar-refractivity contribution in [1.82, 2.24) is 29.5 Å². The Morgan fingerprint density at radius 3 is 1.02 bits per heavy atom. The van der Waals surface area contributed by atoms with Gasteiger partial charge in [-0.1, -0.05) is 182 Å². The van der Waals surface area contributed by atoms with Gasteiger partial charge in [0.15, 0.2) is 0 Å². The van der Waals surface area contributed by atoms with Crippen molar-refractivity contribution in [2.75, 3.05) is 7.11 Å². The molecule has 0 aliphatic rings. The lowest BCUT2D eigenvalue weighted by Gasteiger charge is -2.37. The molecule has 0 spiro atoms. The monoisotopic (exact) mass is 1120 g/mol. The Labute approximate surface area is 486 Å². The van der Waals surface area contributed by atoms with E-state index in [1.165, 1.54) is 37.5 Å². The lowest BCUT2D eigenvalue weighted by atomic mass is 9.77. The van der Waals surface area contributed by atoms with Gasteiger partial charge >= 0.3 is 11.9 Å². The number of carboxylic acid groups (broad SMARTS) is 1. The summed E-state index contributed by atoms with van der Waals surface area (Å²) in [5, 5.41) is 45.8. The van der Waals surface area contributed by atoms with Crippen LogP contribution in [0.2, 0.25) is 0 Å². The van der Waals surface area contributed by atoms with Crippen molar-refractivity contribution in [3.63, 3.8) is 0 Å². The Morgan fingerprint density at radius 2 is 0.753 bits per heavy atom. The molecule has 12 aromatic rings. The Morgan fingerprint density at radius 1 is 0.459 bits per heavy atom. The van der Waals surface area contributed by atoms with E-state index in [9.17, 15) is 34.9 Å². The first-order chi connectivity index (χ1) is 41.5. The van der Waals surface area contributed by atoms with Gasteiger partial charge in [0.2, 0.25) is 0 Å². The third-order valence-electron chi connectivity index (χ3n) is 14.7. The fourth-order valence-corrected chi connectivity index (χ4v) is 11.1. The molecule has 0 aliphatic heterocycles. The molecule has 0 saturated carbocycles. The Kier molecular flexibility index (Phi) is 15.7. The van der Waals surface area contributed by atoms with Gasteiger partial charge in [-0.05, 0) is 81.9 Å². The zero-order valence-electron chi connectivity index (χ0n) is 45.4. The van der Waals surface area contributed by atoms with Gasteiger partial charge in [0, 0.05) is 71.0 Å². The van der Waals surface area contributed by atoms with E-state index < -0.39 is 32.9 Å². The number of hydrogen-bond acceptors (Lipinski definition) is 11. The number of esters is 1. The van der Waals surface area contributed by atoms with E-state index in [-0.39, 0.29) is 22.5 Å². The molecule has 4 aromatic heterocycles. The van der Waals surface area contributed by atoms with Crippen molar-refractivity contribution >= 4 is 57.3 Å². The Bertz CT molecular complexity index is 4240. The van der Waals surface area contributed by atoms with Gasteiger partial charge in [-0.3, -0.25) is 30.2 Å². The third kappa shape index (κ3) is 10.5. The molecule has 85 heavy (non-hydrogen) atoms. The summed E-state index contributed by atoms with van der Waals surface area (Å²) in [4.78, 5) is 55.4. The zero-order valence-corrected chi connectivity index (χ0v) is 45.4. The summed E-state index contributed by atoms with van der Waals surface area (Å²) in [6.45, 7) is 0. The van der Waals surface area contributed by atoms with Crippen molar-refractivity contribution in [3.8, 4) is 22.5 Å². The predicted octanol–water partition coefficient (Wildman–Crippen LogP) is 14.0. The van der Waals surface area contributed by atoms with Crippen LogP contribution in [0.1, 0.15) is 44.5 Å². The minimum absolute atomic E-state index is 0.162. The molecule has 4 heterocycles. The van der Waals surface area contributed by atoms with Gasteiger partial charge in [-0.2, -0.15) is 10.2 Å². The molecule has 12 rings (SSSR count). The van der Waals surface area contributed by atoms with E-state index in [0.717, 1.165) is 50.6 Å². The number of methoxy groups -OCH3 is 1. The maximum atomic E-state index is 12.4. The smallest absolute Gasteiger partial charge is 0.330 e. The first kappa shape index (κ1) is 55.1. The molecule has 0 bridgehead atoms. The van der Waals surface area contributed by atoms with Crippen LogP contribution in [0.3, 0.4) is 0 Å². The SMILES string of the molecule is COC(=O)/C=C/c1cc2c(-c3ccncc3)nn(C(c3ccccc3)(c3ccccc3)c3ccccc3)c2cc1[N+](=O)[O-].O=C(O)/C=C/c1cc2c(-c3ccncc3)nn(C(c3ccccc3)(c3ccccc3)c3ccccc3)c2cc1[N+](=O)[O-]. The van der Waals surface area contributed by atoms with E-state index in [4.69, 9.17) is 14.9 Å². The topological polar surface area (TPSA) is 211 Å². The number of aromatic nitrogens is 6. The molecule has 0 unspecified atom stereocenters. The minimum Gasteiger partial charge on any atom is -0.478 e. The summed E-state index contributed by atoms with van der Waals surface area (Å²) in [5.74, 6) is -1.82. The second kappa shape index (κ2) is 24.1. The summed E-state index contributed by atoms with van der Waals surface area (Å²) >= 11 is 0. The molecule has 16 nitrogen and oxygen atoms in total. The third-order valence-corrected chi connectivity index (χ3v) is 14.7. The van der Waals surface area contributed by atoms with E-state index in [1.807, 2.05) is 216 Å². The molecule has 414 valence electrons. The van der Waals surface area contributed by atoms with Crippen LogP contribution in [0.4, 0.5) is 11.4 Å². The molecule has 0 fully saturated rings. The average molecular weight is 1120 g/mol. The fraction of sp³-hybridized carbons (Fsp3) is 0.0435. The minimum atomic E-state index is -1.20. The molecular formula is C69H50N8O8. The molecule has 1 N–H and O–H groups in total. The van der Waals surface area contributed by atoms with Crippen LogP contribution in [0.5, 0.6) is 0 Å². The fourth-order valence-electron chi connectivity index (χ4n) is 11.1. The van der Waals surface area contributed by atoms with E-state index in [2.05, 4.69) is 9.97 Å². The maximum absolute atomic E-state index is 12.4. The standard InChI is InChI=1S/C35H26N4O4.C34H24N4O4/c1-43-33(40)18-17-26-23-30-32(24-31(26)39(41)42)38(37-34(30)25-19-21-36-22-20-25)35(27-11-5-2-6-12-27,28-13-7-3-8-14-28)29-15-9-4-10-16-29;39-32(40)17-16-25-22-29-31(23-30(25)38(41)42)37(36-33(29)24-18-20-35-21-19-24)34(26-10-4-1-5-11-26,27-12-6-2-7-13-27)28-14-8-3-9-15-28/h2-24H,1H3;1-23H,(H,39,40)/b18-17+;17-16+. The number of hydrogen-bond donors (Lipinski definition) is 1. The summed E-state index contributed by atoms with van der Waals surface area (Å²) in [6, 6.07) is 73.5. The summed E-state index contributed by atoms with van der Waals surface area (Å²) in [7, 11) is 1.26. The largest absolute Gasteiger partial charge is 0.478 e. The van der Waals surface area contributed by atoms with Gasteiger partial charge in [-0.25, -0.2) is 19.0 Å². The second-order valence-electron chi connectivity index (χ2n) is 19.5. The van der Waals surface area contributed by atoms with Crippen LogP contribution >= 0.6 is 0 Å². The summed E-state index contributed by atoms with van der Waals surface area (Å²) in [5.41, 5.74) is 7.29. The molecular weight excluding hydrogens is 1070 g/mol. The number of carbonyl (C=O) groups excluding carboxylic acids is 1. The highest BCUT2D eigenvalue weighted by atomic mass is 16.6. The quantitative estimate of drug-likeness (QED) is 0.0315. The normalized spacial score (nSPS) is 11.6. The van der Waals surface area contributed by atoms with Crippen molar-refractivity contribution in [1.29, 1.82) is 0 Å². The lowest BCUT2D eigenvalue weighted by Crippen LogP contribution is -2.38. The van der Waals surface area contributed by atoms with Crippen LogP contribution in [-0.4, -0.2) is 63.5 Å². The number of ether oxygens (including phenoxy) is 1. The first-order valence-electron chi connectivity index (χ1n) is 26.8. The Balaban J connectivity index is 0.000000177. The number of nitro groups is 2. The molecule has 0 aliphatic carbocycles. The Hall–Kier alpha value is -11.8. The first-order valence-corrected chi connectivity index (χ1v) is 26.8. The van der Waals surface area contributed by atoms with Crippen LogP contribution in [0.25, 0.3) is 56.5 Å². The predicted molar refractivity (Wildman–Crippen MR) is 326 cm³/mol. The number of fused-ring (bicyclic) bond motifs is 2. The number of rotatable bonds is 16. The molecule has 8 aromatic carbocycles. The molecule has 16 heteroatoms. The second-order valence-corrected chi connectivity index (χ2v) is 19.5. The van der Waals surface area contributed by atoms with E-state index in [0.29, 0.717) is 33.2 Å². The number of carboxylic acids is 1. The number of pyridine rings is 2. The van der Waals surface area contributed by atoms with Crippen LogP contribution in [0, 0.1) is 20.2 Å². The maximum Gasteiger partial charge on any atom is 0.330 e.